The first-order valence-electron chi connectivity index (χ1n) is 3.99. The van der Waals surface area contributed by atoms with Crippen molar-refractivity contribution in [2.24, 2.45) is 0 Å². The van der Waals surface area contributed by atoms with Gasteiger partial charge in [-0.05, 0) is 22.9 Å². The number of hydrogen-bond donors (Lipinski definition) is 2. The highest BCUT2D eigenvalue weighted by Gasteiger charge is 2.11. The number of H-pyrrole nitrogens is 1. The maximum atomic E-state index is 11.3. The molecule has 2 rings (SSSR count). The molecule has 0 saturated carbocycles. The van der Waals surface area contributed by atoms with Gasteiger partial charge in [0, 0.05) is 11.1 Å². The summed E-state index contributed by atoms with van der Waals surface area (Å²) in [4.78, 5) is 21.8. The molecule has 0 aromatic carbocycles. The van der Waals surface area contributed by atoms with Gasteiger partial charge in [-0.2, -0.15) is 4.98 Å². The summed E-state index contributed by atoms with van der Waals surface area (Å²) >= 11 is 4.27. The Kier molecular flexibility index (Phi) is 2.57. The van der Waals surface area contributed by atoms with Gasteiger partial charge in [0.15, 0.2) is 10.8 Å². The second-order valence-corrected chi connectivity index (χ2v) is 4.50. The summed E-state index contributed by atoms with van der Waals surface area (Å²) in [6.07, 6.45) is 0. The van der Waals surface area contributed by atoms with E-state index >= 15 is 0 Å². The van der Waals surface area contributed by atoms with E-state index in [1.165, 1.54) is 11.3 Å². The molecule has 0 radical (unpaired) electrons. The van der Waals surface area contributed by atoms with Crippen molar-refractivity contribution in [1.82, 2.24) is 15.0 Å². The summed E-state index contributed by atoms with van der Waals surface area (Å²) in [5.74, 6) is -0.0552. The van der Waals surface area contributed by atoms with Crippen LogP contribution in [0, 0.1) is 6.92 Å². The fourth-order valence-corrected chi connectivity index (χ4v) is 1.94. The van der Waals surface area contributed by atoms with Gasteiger partial charge in [0.2, 0.25) is 5.88 Å². The molecule has 2 N–H and O–H groups in total. The number of aryl methyl sites for hydroxylation is 1. The molecular weight excluding hydrogens is 282 g/mol. The molecule has 2 aromatic heterocycles. The fraction of sp³-hybridized carbons (Fsp3) is 0.125. The van der Waals surface area contributed by atoms with Crippen molar-refractivity contribution < 1.29 is 5.11 Å². The van der Waals surface area contributed by atoms with E-state index < -0.39 is 5.56 Å². The van der Waals surface area contributed by atoms with Gasteiger partial charge >= 0.3 is 0 Å². The van der Waals surface area contributed by atoms with Crippen LogP contribution in [0.5, 0.6) is 5.88 Å². The molecule has 0 aliphatic carbocycles. The molecule has 15 heavy (non-hydrogen) atoms. The van der Waals surface area contributed by atoms with Crippen LogP contribution in [0.15, 0.2) is 14.6 Å². The summed E-state index contributed by atoms with van der Waals surface area (Å²) < 4.78 is 0.0273. The average molecular weight is 288 g/mol. The number of rotatable bonds is 1. The Morgan fingerprint density at radius 2 is 2.27 bits per heavy atom. The van der Waals surface area contributed by atoms with Gasteiger partial charge in [-0.25, -0.2) is 4.98 Å². The Morgan fingerprint density at radius 3 is 2.80 bits per heavy atom. The number of nitrogens with zero attached hydrogens (tertiary/aromatic N) is 2. The molecule has 0 aliphatic heterocycles. The molecular formula is C8H6BrN3O2S. The van der Waals surface area contributed by atoms with Crippen molar-refractivity contribution in [3.8, 4) is 16.7 Å². The van der Waals surface area contributed by atoms with Gasteiger partial charge in [-0.15, -0.1) is 11.3 Å². The first-order chi connectivity index (χ1) is 7.08. The summed E-state index contributed by atoms with van der Waals surface area (Å²) in [5, 5.41) is 11.8. The van der Waals surface area contributed by atoms with Crippen molar-refractivity contribution >= 4 is 27.3 Å². The number of thiazole rings is 1. The van der Waals surface area contributed by atoms with Crippen LogP contribution in [0.2, 0.25) is 0 Å². The SMILES string of the molecule is Cc1csc(-c2nc(O)c(Br)c(=O)[nH]2)n1. The summed E-state index contributed by atoms with van der Waals surface area (Å²) in [7, 11) is 0. The van der Waals surface area contributed by atoms with Gasteiger partial charge in [-0.3, -0.25) is 4.79 Å². The predicted octanol–water partition coefficient (Wildman–Crippen LogP) is 1.67. The molecule has 2 heterocycles. The fourth-order valence-electron chi connectivity index (χ4n) is 1.01. The van der Waals surface area contributed by atoms with E-state index in [1.807, 2.05) is 12.3 Å². The van der Waals surface area contributed by atoms with Crippen LogP contribution in [0.25, 0.3) is 10.8 Å². The van der Waals surface area contributed by atoms with Crippen LogP contribution in [0.4, 0.5) is 0 Å². The molecule has 0 aliphatic rings. The number of aromatic nitrogens is 3. The van der Waals surface area contributed by atoms with E-state index in [0.717, 1.165) is 5.69 Å². The lowest BCUT2D eigenvalue weighted by Crippen LogP contribution is -2.09. The standard InChI is InChI=1S/C8H6BrN3O2S/c1-3-2-15-8(10-3)5-11-6(13)4(9)7(14)12-5/h2H,1H3,(H2,11,12,13,14). The topological polar surface area (TPSA) is 78.9 Å². The molecule has 78 valence electrons. The van der Waals surface area contributed by atoms with Crippen molar-refractivity contribution in [1.29, 1.82) is 0 Å². The van der Waals surface area contributed by atoms with Crippen molar-refractivity contribution in [2.45, 2.75) is 6.92 Å². The molecule has 7 heteroatoms. The van der Waals surface area contributed by atoms with Gasteiger partial charge < -0.3 is 10.1 Å². The summed E-state index contributed by atoms with van der Waals surface area (Å²) in [6, 6.07) is 0. The largest absolute Gasteiger partial charge is 0.492 e. The first kappa shape index (κ1) is 10.3. The lowest BCUT2D eigenvalue weighted by Gasteiger charge is -1.98. The predicted molar refractivity (Wildman–Crippen MR) is 60.1 cm³/mol. The van der Waals surface area contributed by atoms with Crippen LogP contribution >= 0.6 is 27.3 Å². The van der Waals surface area contributed by atoms with Crippen LogP contribution in [0.1, 0.15) is 5.69 Å². The second kappa shape index (κ2) is 3.74. The maximum Gasteiger partial charge on any atom is 0.269 e. The lowest BCUT2D eigenvalue weighted by molar-refractivity contribution is 0.448. The van der Waals surface area contributed by atoms with Crippen LogP contribution in [0.3, 0.4) is 0 Å². The Labute approximate surface area is 97.0 Å². The van der Waals surface area contributed by atoms with Gasteiger partial charge in [0.25, 0.3) is 5.56 Å². The van der Waals surface area contributed by atoms with Crippen molar-refractivity contribution in [3.63, 3.8) is 0 Å². The Bertz CT molecular complexity index is 563. The summed E-state index contributed by atoms with van der Waals surface area (Å²) in [6.45, 7) is 1.84. The number of aromatic hydroxyl groups is 1. The van der Waals surface area contributed by atoms with Gasteiger partial charge in [0.1, 0.15) is 4.47 Å². The van der Waals surface area contributed by atoms with Gasteiger partial charge in [0.05, 0.1) is 0 Å². The molecule has 2 aromatic rings. The van der Waals surface area contributed by atoms with Crippen molar-refractivity contribution in [3.05, 3.63) is 25.9 Å². The third-order valence-corrected chi connectivity index (χ3v) is 3.35. The van der Waals surface area contributed by atoms with E-state index in [0.29, 0.717) is 5.01 Å². The molecule has 5 nitrogen and oxygen atoms in total. The average Bonchev–Trinajstić information content (AvgIpc) is 2.60. The van der Waals surface area contributed by atoms with Gasteiger partial charge in [-0.1, -0.05) is 0 Å². The molecule has 0 saturated heterocycles. The van der Waals surface area contributed by atoms with Crippen LogP contribution in [-0.2, 0) is 0 Å². The van der Waals surface area contributed by atoms with Crippen LogP contribution in [-0.4, -0.2) is 20.1 Å². The van der Waals surface area contributed by atoms with E-state index in [4.69, 9.17) is 0 Å². The Morgan fingerprint density at radius 1 is 1.53 bits per heavy atom. The Balaban J connectivity index is 2.60. The Hall–Kier alpha value is -1.21. The number of nitrogens with one attached hydrogen (secondary N) is 1. The normalized spacial score (nSPS) is 10.5. The van der Waals surface area contributed by atoms with E-state index in [2.05, 4.69) is 30.9 Å². The molecule has 0 fully saturated rings. The van der Waals surface area contributed by atoms with E-state index in [-0.39, 0.29) is 16.2 Å². The van der Waals surface area contributed by atoms with Crippen LogP contribution < -0.4 is 5.56 Å². The third kappa shape index (κ3) is 1.93. The molecule has 0 amide bonds. The minimum atomic E-state index is -0.426. The smallest absolute Gasteiger partial charge is 0.269 e. The minimum Gasteiger partial charge on any atom is -0.492 e. The highest BCUT2D eigenvalue weighted by molar-refractivity contribution is 9.10. The zero-order chi connectivity index (χ0) is 11.0. The lowest BCUT2D eigenvalue weighted by atomic mass is 10.5. The monoisotopic (exact) mass is 287 g/mol. The second-order valence-electron chi connectivity index (χ2n) is 2.85. The van der Waals surface area contributed by atoms with E-state index in [1.54, 1.807) is 0 Å². The number of hydrogen-bond acceptors (Lipinski definition) is 5. The highest BCUT2D eigenvalue weighted by atomic mass is 79.9. The number of aromatic amines is 1. The van der Waals surface area contributed by atoms with E-state index in [9.17, 15) is 9.90 Å². The minimum absolute atomic E-state index is 0.0273. The maximum absolute atomic E-state index is 11.3. The molecule has 0 bridgehead atoms. The molecule has 0 spiro atoms. The highest BCUT2D eigenvalue weighted by Crippen LogP contribution is 2.23. The zero-order valence-electron chi connectivity index (χ0n) is 7.61. The molecule has 0 unspecified atom stereocenters. The zero-order valence-corrected chi connectivity index (χ0v) is 10.0. The summed E-state index contributed by atoms with van der Waals surface area (Å²) in [5.41, 5.74) is 0.422. The quantitative estimate of drug-likeness (QED) is 0.836. The van der Waals surface area contributed by atoms with Crippen molar-refractivity contribution in [2.75, 3.05) is 0 Å². The molecule has 0 atom stereocenters. The number of halogens is 1. The third-order valence-electron chi connectivity index (χ3n) is 1.67. The first-order valence-corrected chi connectivity index (χ1v) is 5.66.